The van der Waals surface area contributed by atoms with Crippen LogP contribution in [0.2, 0.25) is 0 Å². The number of likely N-dealkylation sites (N-methyl/N-ethyl adjacent to an activating group) is 1. The number of carbonyl (C=O) groups excluding carboxylic acids is 1. The lowest BCUT2D eigenvalue weighted by molar-refractivity contribution is 0.174. The van der Waals surface area contributed by atoms with Crippen molar-refractivity contribution in [2.75, 3.05) is 38.2 Å². The summed E-state index contributed by atoms with van der Waals surface area (Å²) in [5, 5.41) is 12.6. The number of carbonyl (C=O) groups is 1. The molecule has 4 N–H and O–H groups in total. The number of urea groups is 1. The van der Waals surface area contributed by atoms with E-state index in [4.69, 9.17) is 5.73 Å². The molecule has 2 rings (SSSR count). The van der Waals surface area contributed by atoms with Gasteiger partial charge in [0.1, 0.15) is 0 Å². The lowest BCUT2D eigenvalue weighted by Crippen LogP contribution is -2.43. The molecule has 0 aromatic heterocycles. The molecule has 1 fully saturated rings. The van der Waals surface area contributed by atoms with Crippen LogP contribution in [-0.4, -0.2) is 60.3 Å². The number of aliphatic hydroxyl groups is 1. The standard InChI is InChI=1S/C14H22N4O2/c1-17(2)8-12-7-13(19)9-18(12)14(20)16-11-5-3-10(15)4-6-11/h3-6,12-13,19H,7-9,15H2,1-2H3,(H,16,20). The van der Waals surface area contributed by atoms with Crippen LogP contribution in [0, 0.1) is 0 Å². The molecule has 1 heterocycles. The van der Waals surface area contributed by atoms with Crippen molar-refractivity contribution >= 4 is 17.4 Å². The van der Waals surface area contributed by atoms with Crippen molar-refractivity contribution in [2.45, 2.75) is 18.6 Å². The molecule has 1 aromatic rings. The maximum atomic E-state index is 12.3. The average molecular weight is 278 g/mol. The van der Waals surface area contributed by atoms with Gasteiger partial charge in [-0.25, -0.2) is 4.79 Å². The predicted octanol–water partition coefficient (Wildman–Crippen LogP) is 0.798. The first-order valence-corrected chi connectivity index (χ1v) is 6.71. The zero-order valence-electron chi connectivity index (χ0n) is 11.9. The number of aliphatic hydroxyl groups excluding tert-OH is 1. The SMILES string of the molecule is CN(C)CC1CC(O)CN1C(=O)Nc1ccc(N)cc1. The van der Waals surface area contributed by atoms with E-state index in [1.54, 1.807) is 29.2 Å². The summed E-state index contributed by atoms with van der Waals surface area (Å²) in [7, 11) is 3.92. The lowest BCUT2D eigenvalue weighted by atomic mass is 10.2. The first-order chi connectivity index (χ1) is 9.45. The Morgan fingerprint density at radius 3 is 2.70 bits per heavy atom. The summed E-state index contributed by atoms with van der Waals surface area (Å²) in [5.41, 5.74) is 6.97. The number of nitrogens with one attached hydrogen (secondary N) is 1. The minimum atomic E-state index is -0.447. The van der Waals surface area contributed by atoms with Crippen molar-refractivity contribution in [3.05, 3.63) is 24.3 Å². The van der Waals surface area contributed by atoms with Crippen LogP contribution in [0.25, 0.3) is 0 Å². The highest BCUT2D eigenvalue weighted by Gasteiger charge is 2.34. The summed E-state index contributed by atoms with van der Waals surface area (Å²) in [6, 6.07) is 6.87. The van der Waals surface area contributed by atoms with Crippen LogP contribution in [0.15, 0.2) is 24.3 Å². The molecule has 2 unspecified atom stereocenters. The van der Waals surface area contributed by atoms with E-state index in [9.17, 15) is 9.90 Å². The molecule has 0 aliphatic carbocycles. The molecule has 0 bridgehead atoms. The normalized spacial score (nSPS) is 22.3. The molecule has 0 radical (unpaired) electrons. The zero-order valence-corrected chi connectivity index (χ0v) is 11.9. The molecule has 1 aliphatic rings. The predicted molar refractivity (Wildman–Crippen MR) is 79.5 cm³/mol. The number of nitrogens with zero attached hydrogens (tertiary/aromatic N) is 2. The molecule has 0 saturated carbocycles. The highest BCUT2D eigenvalue weighted by atomic mass is 16.3. The summed E-state index contributed by atoms with van der Waals surface area (Å²) in [4.78, 5) is 16.0. The fourth-order valence-corrected chi connectivity index (χ4v) is 2.50. The third kappa shape index (κ3) is 3.61. The van der Waals surface area contributed by atoms with E-state index >= 15 is 0 Å². The summed E-state index contributed by atoms with van der Waals surface area (Å²) >= 11 is 0. The highest BCUT2D eigenvalue weighted by molar-refractivity contribution is 5.90. The van der Waals surface area contributed by atoms with Crippen molar-refractivity contribution < 1.29 is 9.90 Å². The van der Waals surface area contributed by atoms with Crippen LogP contribution in [0.1, 0.15) is 6.42 Å². The Morgan fingerprint density at radius 2 is 2.10 bits per heavy atom. The van der Waals surface area contributed by atoms with E-state index in [-0.39, 0.29) is 12.1 Å². The number of likely N-dealkylation sites (tertiary alicyclic amines) is 1. The Morgan fingerprint density at radius 1 is 1.45 bits per heavy atom. The third-order valence-electron chi connectivity index (χ3n) is 3.39. The number of anilines is 2. The van der Waals surface area contributed by atoms with Gasteiger partial charge >= 0.3 is 6.03 Å². The van der Waals surface area contributed by atoms with Crippen molar-refractivity contribution in [3.63, 3.8) is 0 Å². The Hall–Kier alpha value is -1.79. The van der Waals surface area contributed by atoms with Crippen molar-refractivity contribution in [2.24, 2.45) is 0 Å². The van der Waals surface area contributed by atoms with E-state index < -0.39 is 6.10 Å². The van der Waals surface area contributed by atoms with E-state index in [0.717, 1.165) is 6.54 Å². The molecule has 2 atom stereocenters. The van der Waals surface area contributed by atoms with Crippen LogP contribution >= 0.6 is 0 Å². The van der Waals surface area contributed by atoms with E-state index in [1.807, 2.05) is 19.0 Å². The molecule has 20 heavy (non-hydrogen) atoms. The minimum absolute atomic E-state index is 0.0359. The molecular weight excluding hydrogens is 256 g/mol. The van der Waals surface area contributed by atoms with Crippen LogP contribution < -0.4 is 11.1 Å². The molecule has 1 aliphatic heterocycles. The molecule has 6 heteroatoms. The number of nitrogens with two attached hydrogens (primary N) is 1. The molecule has 0 spiro atoms. The first-order valence-electron chi connectivity index (χ1n) is 6.71. The second-order valence-electron chi connectivity index (χ2n) is 5.51. The smallest absolute Gasteiger partial charge is 0.322 e. The largest absolute Gasteiger partial charge is 0.399 e. The van der Waals surface area contributed by atoms with Crippen LogP contribution in [0.5, 0.6) is 0 Å². The lowest BCUT2D eigenvalue weighted by Gasteiger charge is -2.27. The third-order valence-corrected chi connectivity index (χ3v) is 3.39. The number of hydrogen-bond donors (Lipinski definition) is 3. The fraction of sp³-hybridized carbons (Fsp3) is 0.500. The van der Waals surface area contributed by atoms with Crippen LogP contribution in [0.4, 0.5) is 16.2 Å². The molecule has 6 nitrogen and oxygen atoms in total. The first kappa shape index (κ1) is 14.6. The monoisotopic (exact) mass is 278 g/mol. The zero-order chi connectivity index (χ0) is 14.7. The Labute approximate surface area is 119 Å². The van der Waals surface area contributed by atoms with Gasteiger partial charge in [-0.3, -0.25) is 0 Å². The summed E-state index contributed by atoms with van der Waals surface area (Å²) in [6.07, 6.45) is 0.171. The number of amides is 2. The summed E-state index contributed by atoms with van der Waals surface area (Å²) < 4.78 is 0. The average Bonchev–Trinajstić information content (AvgIpc) is 2.72. The highest BCUT2D eigenvalue weighted by Crippen LogP contribution is 2.20. The summed E-state index contributed by atoms with van der Waals surface area (Å²) in [5.74, 6) is 0. The number of nitrogen functional groups attached to an aromatic ring is 1. The number of hydrogen-bond acceptors (Lipinski definition) is 4. The quantitative estimate of drug-likeness (QED) is 0.714. The second kappa shape index (κ2) is 6.11. The van der Waals surface area contributed by atoms with Crippen LogP contribution in [-0.2, 0) is 0 Å². The van der Waals surface area contributed by atoms with Gasteiger partial charge in [-0.1, -0.05) is 0 Å². The Balaban J connectivity index is 2.01. The van der Waals surface area contributed by atoms with Gasteiger partial charge in [-0.2, -0.15) is 0 Å². The van der Waals surface area contributed by atoms with Gasteiger partial charge in [-0.05, 0) is 44.8 Å². The van der Waals surface area contributed by atoms with Crippen molar-refractivity contribution in [1.82, 2.24) is 9.80 Å². The number of rotatable bonds is 3. The minimum Gasteiger partial charge on any atom is -0.399 e. The fourth-order valence-electron chi connectivity index (χ4n) is 2.50. The van der Waals surface area contributed by atoms with Crippen molar-refractivity contribution in [1.29, 1.82) is 0 Å². The molecular formula is C14H22N4O2. The number of β-amino-alcohol motifs (C(OH)–C–C–N with tert-alkyl or cyclic N) is 1. The molecule has 1 aromatic carbocycles. The topological polar surface area (TPSA) is 81.8 Å². The number of benzene rings is 1. The van der Waals surface area contributed by atoms with E-state index in [2.05, 4.69) is 5.32 Å². The van der Waals surface area contributed by atoms with Gasteiger partial charge < -0.3 is 26.0 Å². The van der Waals surface area contributed by atoms with Gasteiger partial charge in [-0.15, -0.1) is 0 Å². The molecule has 110 valence electrons. The van der Waals surface area contributed by atoms with E-state index in [0.29, 0.717) is 24.3 Å². The maximum Gasteiger partial charge on any atom is 0.322 e. The molecule has 2 amide bonds. The van der Waals surface area contributed by atoms with Gasteiger partial charge in [0.25, 0.3) is 0 Å². The summed E-state index contributed by atoms with van der Waals surface area (Å²) in [6.45, 7) is 1.12. The van der Waals surface area contributed by atoms with Gasteiger partial charge in [0, 0.05) is 30.5 Å². The van der Waals surface area contributed by atoms with Gasteiger partial charge in [0.2, 0.25) is 0 Å². The Bertz CT molecular complexity index is 461. The van der Waals surface area contributed by atoms with Crippen molar-refractivity contribution in [3.8, 4) is 0 Å². The second-order valence-corrected chi connectivity index (χ2v) is 5.51. The van der Waals surface area contributed by atoms with Gasteiger partial charge in [0.05, 0.1) is 6.10 Å². The maximum absolute atomic E-state index is 12.3. The van der Waals surface area contributed by atoms with Crippen LogP contribution in [0.3, 0.4) is 0 Å². The molecule has 1 saturated heterocycles. The van der Waals surface area contributed by atoms with E-state index in [1.165, 1.54) is 0 Å². The Kier molecular flexibility index (Phi) is 4.46. The van der Waals surface area contributed by atoms with Gasteiger partial charge in [0.15, 0.2) is 0 Å².